The highest BCUT2D eigenvalue weighted by atomic mass is 32.1. The lowest BCUT2D eigenvalue weighted by atomic mass is 10.1. The van der Waals surface area contributed by atoms with Gasteiger partial charge in [0.1, 0.15) is 17.0 Å². The highest BCUT2D eigenvalue weighted by Gasteiger charge is 2.18. The first-order chi connectivity index (χ1) is 11.6. The van der Waals surface area contributed by atoms with Crippen molar-refractivity contribution in [2.45, 2.75) is 33.7 Å². The van der Waals surface area contributed by atoms with E-state index in [1.165, 1.54) is 11.3 Å². The number of aliphatic imine (C=N–C) groups is 1. The summed E-state index contributed by atoms with van der Waals surface area (Å²) in [6.07, 6.45) is 7.16. The molecular weight excluding hydrogens is 322 g/mol. The molecule has 6 nitrogen and oxygen atoms in total. The first-order valence-corrected chi connectivity index (χ1v) is 8.78. The number of hydrogen-bond acceptors (Lipinski definition) is 6. The molecule has 0 saturated carbocycles. The second-order valence-electron chi connectivity index (χ2n) is 5.36. The molecular formula is C17H23N5OS. The molecule has 0 saturated heterocycles. The average molecular weight is 345 g/mol. The van der Waals surface area contributed by atoms with Gasteiger partial charge in [-0.15, -0.1) is 11.3 Å². The number of hydrogen-bond donors (Lipinski definition) is 1. The van der Waals surface area contributed by atoms with Gasteiger partial charge < -0.3 is 10.2 Å². The van der Waals surface area contributed by atoms with Crippen LogP contribution in [0.2, 0.25) is 0 Å². The van der Waals surface area contributed by atoms with Gasteiger partial charge in [0.25, 0.3) is 0 Å². The van der Waals surface area contributed by atoms with E-state index >= 15 is 0 Å². The lowest BCUT2D eigenvalue weighted by molar-refractivity contribution is 0.112. The number of carbonyl (C=O) groups excluding carboxylic acids is 1. The van der Waals surface area contributed by atoms with Crippen LogP contribution in [0.25, 0.3) is 10.2 Å². The lowest BCUT2D eigenvalue weighted by Crippen LogP contribution is -2.17. The van der Waals surface area contributed by atoms with Crippen LogP contribution in [0.1, 0.15) is 42.4 Å². The fourth-order valence-electron chi connectivity index (χ4n) is 2.33. The summed E-state index contributed by atoms with van der Waals surface area (Å²) in [5.74, 6) is 0.840. The third-order valence-corrected chi connectivity index (χ3v) is 4.75. The number of rotatable bonds is 8. The summed E-state index contributed by atoms with van der Waals surface area (Å²) in [4.78, 5) is 28.1. The van der Waals surface area contributed by atoms with Gasteiger partial charge in [-0.1, -0.05) is 13.0 Å². The molecule has 0 aromatic carbocycles. The lowest BCUT2D eigenvalue weighted by Gasteiger charge is -2.16. The fourth-order valence-corrected chi connectivity index (χ4v) is 3.29. The van der Waals surface area contributed by atoms with E-state index in [0.717, 1.165) is 46.5 Å². The van der Waals surface area contributed by atoms with Crippen molar-refractivity contribution in [1.29, 1.82) is 0 Å². The van der Waals surface area contributed by atoms with Gasteiger partial charge in [0.05, 0.1) is 23.1 Å². The summed E-state index contributed by atoms with van der Waals surface area (Å²) in [6.45, 7) is 7.38. The van der Waals surface area contributed by atoms with Crippen LogP contribution < -0.4 is 10.2 Å². The minimum absolute atomic E-state index is 0.415. The van der Waals surface area contributed by atoms with E-state index < -0.39 is 0 Å². The van der Waals surface area contributed by atoms with E-state index in [9.17, 15) is 4.79 Å². The number of aromatic nitrogens is 2. The average Bonchev–Trinajstić information content (AvgIpc) is 2.96. The Morgan fingerprint density at radius 3 is 2.88 bits per heavy atom. The molecule has 0 spiro atoms. The Hall–Kier alpha value is -2.28. The van der Waals surface area contributed by atoms with Crippen LogP contribution in [-0.2, 0) is 6.54 Å². The summed E-state index contributed by atoms with van der Waals surface area (Å²) >= 11 is 1.39. The van der Waals surface area contributed by atoms with Crippen molar-refractivity contribution in [3.8, 4) is 0 Å². The van der Waals surface area contributed by atoms with Crippen molar-refractivity contribution in [2.75, 3.05) is 18.5 Å². The Morgan fingerprint density at radius 1 is 1.42 bits per heavy atom. The molecule has 0 aliphatic carbocycles. The van der Waals surface area contributed by atoms with Crippen molar-refractivity contribution in [1.82, 2.24) is 15.3 Å². The molecule has 0 amide bonds. The maximum Gasteiger partial charge on any atom is 0.160 e. The van der Waals surface area contributed by atoms with Crippen molar-refractivity contribution in [2.24, 2.45) is 4.99 Å². The number of nitrogens with one attached hydrogen (secondary N) is 1. The largest absolute Gasteiger partial charge is 0.359 e. The zero-order chi connectivity index (χ0) is 17.5. The number of carbonyl (C=O) groups is 1. The summed E-state index contributed by atoms with van der Waals surface area (Å²) in [5, 5.41) is 4.05. The monoisotopic (exact) mass is 345 g/mol. The van der Waals surface area contributed by atoms with Gasteiger partial charge in [-0.3, -0.25) is 9.79 Å². The second-order valence-corrected chi connectivity index (χ2v) is 6.39. The van der Waals surface area contributed by atoms with Gasteiger partial charge >= 0.3 is 0 Å². The van der Waals surface area contributed by atoms with Crippen LogP contribution in [0.15, 0.2) is 23.1 Å². The van der Waals surface area contributed by atoms with E-state index in [1.54, 1.807) is 12.7 Å². The second kappa shape index (κ2) is 8.54. The van der Waals surface area contributed by atoms with Crippen LogP contribution in [0.4, 0.5) is 5.82 Å². The minimum atomic E-state index is 0.415. The molecule has 2 aromatic heterocycles. The highest BCUT2D eigenvalue weighted by Crippen LogP contribution is 2.34. The van der Waals surface area contributed by atoms with E-state index in [-0.39, 0.29) is 0 Å². The van der Waals surface area contributed by atoms with Gasteiger partial charge in [0, 0.05) is 24.9 Å². The normalized spacial score (nSPS) is 12.1. The van der Waals surface area contributed by atoms with Crippen molar-refractivity contribution in [3.63, 3.8) is 0 Å². The predicted octanol–water partition coefficient (Wildman–Crippen LogP) is 3.39. The Morgan fingerprint density at radius 2 is 2.21 bits per heavy atom. The minimum Gasteiger partial charge on any atom is -0.359 e. The topological polar surface area (TPSA) is 70.5 Å². The van der Waals surface area contributed by atoms with Crippen LogP contribution >= 0.6 is 11.3 Å². The molecule has 128 valence electrons. The highest BCUT2D eigenvalue weighted by molar-refractivity contribution is 7.20. The third kappa shape index (κ3) is 3.97. The maximum atomic E-state index is 11.4. The molecule has 2 aromatic rings. The van der Waals surface area contributed by atoms with E-state index in [1.807, 2.05) is 18.9 Å². The zero-order valence-electron chi connectivity index (χ0n) is 14.5. The van der Waals surface area contributed by atoms with Crippen molar-refractivity contribution < 1.29 is 4.79 Å². The van der Waals surface area contributed by atoms with Crippen LogP contribution in [-0.4, -0.2) is 36.2 Å². The van der Waals surface area contributed by atoms with E-state index in [2.05, 4.69) is 40.2 Å². The number of fused-ring (bicyclic) bond motifs is 1. The molecule has 2 heterocycles. The summed E-state index contributed by atoms with van der Waals surface area (Å²) in [7, 11) is 1.98. The molecule has 0 unspecified atom stereocenters. The zero-order valence-corrected chi connectivity index (χ0v) is 15.4. The van der Waals surface area contributed by atoms with Gasteiger partial charge in [-0.2, -0.15) is 0 Å². The summed E-state index contributed by atoms with van der Waals surface area (Å²) < 4.78 is 0. The standard InChI is InChI=1S/C17H23N5OS/c1-5-7-12(3)19-10-18-8-13-14(9-23)24-17-15(13)16(20-11-21-17)22(4)6-2/h7,9-11H,5-6,8H2,1-4H3,(H,18,19)/b12-7+. The molecule has 7 heteroatoms. The molecule has 0 bridgehead atoms. The Balaban J connectivity index is 2.35. The number of aldehydes is 1. The molecule has 2 rings (SSSR count). The van der Waals surface area contributed by atoms with Gasteiger partial charge in [-0.25, -0.2) is 9.97 Å². The molecule has 0 aliphatic heterocycles. The Kier molecular flexibility index (Phi) is 6.43. The SMILES string of the molecule is CC/C=C(\C)NC=NCc1c(C=O)sc2ncnc(N(C)CC)c12. The van der Waals surface area contributed by atoms with Crippen LogP contribution in [0.3, 0.4) is 0 Å². The number of allylic oxidation sites excluding steroid dienone is 2. The fraction of sp³-hybridized carbons (Fsp3) is 0.412. The molecule has 24 heavy (non-hydrogen) atoms. The third-order valence-electron chi connectivity index (χ3n) is 3.68. The molecule has 1 N–H and O–H groups in total. The van der Waals surface area contributed by atoms with Gasteiger partial charge in [0.2, 0.25) is 0 Å². The smallest absolute Gasteiger partial charge is 0.160 e. The Bertz CT molecular complexity index is 766. The molecule has 0 aliphatic rings. The first-order valence-electron chi connectivity index (χ1n) is 7.96. The first kappa shape index (κ1) is 18.1. The quantitative estimate of drug-likeness (QED) is 0.451. The van der Waals surface area contributed by atoms with Gasteiger partial charge in [0.15, 0.2) is 6.29 Å². The van der Waals surface area contributed by atoms with Crippen LogP contribution in [0, 0.1) is 0 Å². The summed E-state index contributed by atoms with van der Waals surface area (Å²) in [5.41, 5.74) is 1.94. The molecule has 0 fully saturated rings. The van der Waals surface area contributed by atoms with E-state index in [4.69, 9.17) is 0 Å². The molecule has 0 atom stereocenters. The number of nitrogens with zero attached hydrogens (tertiary/aromatic N) is 4. The van der Waals surface area contributed by atoms with Crippen molar-refractivity contribution in [3.05, 3.63) is 28.5 Å². The molecule has 0 radical (unpaired) electrons. The number of thiophene rings is 1. The van der Waals surface area contributed by atoms with E-state index in [0.29, 0.717) is 11.4 Å². The predicted molar refractivity (Wildman–Crippen MR) is 101 cm³/mol. The van der Waals surface area contributed by atoms with Crippen molar-refractivity contribution >= 4 is 40.0 Å². The summed E-state index contributed by atoms with van der Waals surface area (Å²) in [6, 6.07) is 0. The van der Waals surface area contributed by atoms with Crippen LogP contribution in [0.5, 0.6) is 0 Å². The number of anilines is 1. The van der Waals surface area contributed by atoms with Gasteiger partial charge in [-0.05, 0) is 20.3 Å². The maximum absolute atomic E-state index is 11.4. The Labute approximate surface area is 146 Å².